The molecule has 0 aromatic rings. The van der Waals surface area contributed by atoms with Crippen molar-refractivity contribution >= 4 is 0 Å². The molecule has 0 fully saturated rings. The molecule has 2 heteroatoms. The molecule has 0 aromatic carbocycles. The van der Waals surface area contributed by atoms with E-state index in [0.717, 1.165) is 0 Å². The van der Waals surface area contributed by atoms with Crippen molar-refractivity contribution in [2.45, 2.75) is 168 Å². The SMILES string of the molecule is CCCCCCCCCCCCCCN1C=CN(CCCCCCCCC)C1CCCC. The molecule has 0 aliphatic carbocycles. The number of unbranched alkanes of at least 4 members (excludes halogenated alkanes) is 18. The van der Waals surface area contributed by atoms with E-state index in [1.54, 1.807) is 0 Å². The van der Waals surface area contributed by atoms with E-state index in [1.807, 2.05) is 0 Å². The summed E-state index contributed by atoms with van der Waals surface area (Å²) in [6.45, 7) is 9.46. The van der Waals surface area contributed by atoms with E-state index in [9.17, 15) is 0 Å². The quantitative estimate of drug-likeness (QED) is 0.135. The van der Waals surface area contributed by atoms with Crippen molar-refractivity contribution in [2.24, 2.45) is 0 Å². The highest BCUT2D eigenvalue weighted by Crippen LogP contribution is 2.23. The Labute approximate surface area is 203 Å². The minimum atomic E-state index is 0.641. The smallest absolute Gasteiger partial charge is 0.101 e. The van der Waals surface area contributed by atoms with Gasteiger partial charge >= 0.3 is 0 Å². The van der Waals surface area contributed by atoms with Gasteiger partial charge in [0.05, 0.1) is 0 Å². The van der Waals surface area contributed by atoms with Crippen molar-refractivity contribution in [2.75, 3.05) is 13.1 Å². The third-order valence-electron chi connectivity index (χ3n) is 7.32. The Bertz CT molecular complexity index is 406. The zero-order valence-electron chi connectivity index (χ0n) is 22.6. The van der Waals surface area contributed by atoms with Crippen molar-refractivity contribution < 1.29 is 0 Å². The van der Waals surface area contributed by atoms with Gasteiger partial charge in [0.2, 0.25) is 0 Å². The molecule has 0 N–H and O–H groups in total. The Balaban J connectivity index is 2.08. The molecule has 32 heavy (non-hydrogen) atoms. The summed E-state index contributed by atoms with van der Waals surface area (Å²) < 4.78 is 0. The van der Waals surface area contributed by atoms with Crippen LogP contribution in [0, 0.1) is 0 Å². The summed E-state index contributed by atoms with van der Waals surface area (Å²) in [7, 11) is 0. The number of hydrogen-bond acceptors (Lipinski definition) is 2. The van der Waals surface area contributed by atoms with Crippen molar-refractivity contribution in [3.63, 3.8) is 0 Å². The second-order valence-electron chi connectivity index (χ2n) is 10.4. The number of rotatable bonds is 24. The Morgan fingerprint density at radius 3 is 1.06 bits per heavy atom. The second-order valence-corrected chi connectivity index (χ2v) is 10.4. The first-order valence-corrected chi connectivity index (χ1v) is 15.0. The maximum atomic E-state index is 2.66. The summed E-state index contributed by atoms with van der Waals surface area (Å²) in [4.78, 5) is 5.31. The molecular weight excluding hydrogens is 388 g/mol. The summed E-state index contributed by atoms with van der Waals surface area (Å²) in [5, 5.41) is 0. The van der Waals surface area contributed by atoms with Crippen LogP contribution in [0.15, 0.2) is 12.4 Å². The van der Waals surface area contributed by atoms with Crippen LogP contribution >= 0.6 is 0 Å². The van der Waals surface area contributed by atoms with Gasteiger partial charge in [-0.15, -0.1) is 0 Å². The number of nitrogens with zero attached hydrogens (tertiary/aromatic N) is 2. The van der Waals surface area contributed by atoms with Gasteiger partial charge in [-0.3, -0.25) is 0 Å². The van der Waals surface area contributed by atoms with Crippen LogP contribution in [0.5, 0.6) is 0 Å². The van der Waals surface area contributed by atoms with E-state index in [1.165, 1.54) is 154 Å². The fourth-order valence-electron chi connectivity index (χ4n) is 5.11. The Hall–Kier alpha value is -0.660. The molecule has 1 aliphatic rings. The molecule has 0 spiro atoms. The molecule has 1 aliphatic heterocycles. The highest BCUT2D eigenvalue weighted by Gasteiger charge is 2.24. The summed E-state index contributed by atoms with van der Waals surface area (Å²) in [6.07, 6.45) is 36.6. The third kappa shape index (κ3) is 15.2. The topological polar surface area (TPSA) is 6.48 Å². The lowest BCUT2D eigenvalue weighted by atomic mass is 10.1. The summed E-state index contributed by atoms with van der Waals surface area (Å²) in [6, 6.07) is 0. The van der Waals surface area contributed by atoms with Gasteiger partial charge in [-0.2, -0.15) is 0 Å². The lowest BCUT2D eigenvalue weighted by Gasteiger charge is -2.33. The van der Waals surface area contributed by atoms with Gasteiger partial charge in [0.25, 0.3) is 0 Å². The van der Waals surface area contributed by atoms with Crippen LogP contribution in [-0.2, 0) is 0 Å². The third-order valence-corrected chi connectivity index (χ3v) is 7.32. The monoisotopic (exact) mass is 448 g/mol. The first-order valence-electron chi connectivity index (χ1n) is 15.0. The van der Waals surface area contributed by atoms with Crippen LogP contribution in [-0.4, -0.2) is 29.1 Å². The maximum absolute atomic E-state index is 2.66. The van der Waals surface area contributed by atoms with Crippen molar-refractivity contribution in [3.05, 3.63) is 12.4 Å². The van der Waals surface area contributed by atoms with Crippen molar-refractivity contribution in [3.8, 4) is 0 Å². The average Bonchev–Trinajstić information content (AvgIpc) is 3.19. The van der Waals surface area contributed by atoms with Gasteiger partial charge in [-0.1, -0.05) is 136 Å². The maximum Gasteiger partial charge on any atom is 0.101 e. The highest BCUT2D eigenvalue weighted by atomic mass is 15.4. The predicted octanol–water partition coefficient (Wildman–Crippen LogP) is 10.0. The number of hydrogen-bond donors (Lipinski definition) is 0. The van der Waals surface area contributed by atoms with Gasteiger partial charge in [-0.05, 0) is 25.7 Å². The van der Waals surface area contributed by atoms with Gasteiger partial charge in [0.1, 0.15) is 6.17 Å². The van der Waals surface area contributed by atoms with Crippen molar-refractivity contribution in [1.82, 2.24) is 9.80 Å². The fraction of sp³-hybridized carbons (Fsp3) is 0.933. The highest BCUT2D eigenvalue weighted by molar-refractivity contribution is 4.96. The molecule has 0 saturated carbocycles. The molecule has 0 amide bonds. The second kappa shape index (κ2) is 22.1. The molecule has 0 radical (unpaired) electrons. The van der Waals surface area contributed by atoms with E-state index in [2.05, 4.69) is 43.0 Å². The first kappa shape index (κ1) is 29.4. The molecule has 0 saturated heterocycles. The normalized spacial score (nSPS) is 15.9. The molecule has 0 bridgehead atoms. The first-order chi connectivity index (χ1) is 15.8. The minimum absolute atomic E-state index is 0.641. The zero-order valence-corrected chi connectivity index (χ0v) is 22.6. The minimum Gasteiger partial charge on any atom is -0.356 e. The summed E-state index contributed by atoms with van der Waals surface area (Å²) in [5.41, 5.74) is 0. The molecule has 190 valence electrons. The summed E-state index contributed by atoms with van der Waals surface area (Å²) >= 11 is 0. The van der Waals surface area contributed by atoms with E-state index in [0.29, 0.717) is 6.17 Å². The summed E-state index contributed by atoms with van der Waals surface area (Å²) in [5.74, 6) is 0. The standard InChI is InChI=1S/C30H60N2/c1-4-7-10-12-14-15-16-17-18-20-22-24-27-32-29-28-31(30(32)25-9-6-3)26-23-21-19-13-11-8-5-2/h28-30H,4-27H2,1-3H3. The average molecular weight is 449 g/mol. The molecular formula is C30H60N2. The largest absolute Gasteiger partial charge is 0.356 e. The molecule has 1 heterocycles. The molecule has 1 atom stereocenters. The van der Waals surface area contributed by atoms with Gasteiger partial charge in [0.15, 0.2) is 0 Å². The van der Waals surface area contributed by atoms with Crippen LogP contribution in [0.4, 0.5) is 0 Å². The molecule has 2 nitrogen and oxygen atoms in total. The predicted molar refractivity (Wildman–Crippen MR) is 145 cm³/mol. The van der Waals surface area contributed by atoms with Crippen molar-refractivity contribution in [1.29, 1.82) is 0 Å². The fourth-order valence-corrected chi connectivity index (χ4v) is 5.11. The van der Waals surface area contributed by atoms with Crippen LogP contribution in [0.3, 0.4) is 0 Å². The van der Waals surface area contributed by atoms with Gasteiger partial charge in [-0.25, -0.2) is 0 Å². The molecule has 1 unspecified atom stereocenters. The zero-order chi connectivity index (χ0) is 23.1. The lowest BCUT2D eigenvalue weighted by molar-refractivity contribution is 0.136. The van der Waals surface area contributed by atoms with E-state index in [4.69, 9.17) is 0 Å². The van der Waals surface area contributed by atoms with Crippen LogP contribution in [0.1, 0.15) is 162 Å². The van der Waals surface area contributed by atoms with E-state index >= 15 is 0 Å². The lowest BCUT2D eigenvalue weighted by Crippen LogP contribution is -2.39. The van der Waals surface area contributed by atoms with E-state index in [-0.39, 0.29) is 0 Å². The van der Waals surface area contributed by atoms with Gasteiger partial charge in [0, 0.05) is 25.5 Å². The molecule has 1 rings (SSSR count). The van der Waals surface area contributed by atoms with Crippen LogP contribution < -0.4 is 0 Å². The van der Waals surface area contributed by atoms with Crippen LogP contribution in [0.2, 0.25) is 0 Å². The Morgan fingerprint density at radius 1 is 0.406 bits per heavy atom. The van der Waals surface area contributed by atoms with E-state index < -0.39 is 0 Å². The Morgan fingerprint density at radius 2 is 0.719 bits per heavy atom. The van der Waals surface area contributed by atoms with Crippen LogP contribution in [0.25, 0.3) is 0 Å². The Kier molecular flexibility index (Phi) is 20.3. The molecule has 0 aromatic heterocycles. The van der Waals surface area contributed by atoms with Gasteiger partial charge < -0.3 is 9.80 Å².